The van der Waals surface area contributed by atoms with Gasteiger partial charge >= 0.3 is 5.97 Å². The predicted octanol–water partition coefficient (Wildman–Crippen LogP) is 4.41. The molecule has 1 saturated heterocycles. The van der Waals surface area contributed by atoms with Gasteiger partial charge in [0, 0.05) is 30.6 Å². The SMILES string of the molecule is O=C(CC1NCCc2cc(OCC3CCCO3)c(Oc3ccc(C(=O)O)cc3)cc21)Nc1nccs1. The van der Waals surface area contributed by atoms with E-state index >= 15 is 0 Å². The van der Waals surface area contributed by atoms with E-state index in [1.165, 1.54) is 23.5 Å². The van der Waals surface area contributed by atoms with Crippen molar-refractivity contribution >= 4 is 28.3 Å². The Morgan fingerprint density at radius 1 is 1.22 bits per heavy atom. The molecule has 188 valence electrons. The normalized spacial score (nSPS) is 18.9. The Kier molecular flexibility index (Phi) is 7.45. The van der Waals surface area contributed by atoms with E-state index in [4.69, 9.17) is 14.2 Å². The highest BCUT2D eigenvalue weighted by molar-refractivity contribution is 7.13. The van der Waals surface area contributed by atoms with Crippen LogP contribution in [0.2, 0.25) is 0 Å². The molecule has 3 aromatic rings. The van der Waals surface area contributed by atoms with Crippen LogP contribution in [-0.2, 0) is 16.0 Å². The maximum Gasteiger partial charge on any atom is 0.335 e. The van der Waals surface area contributed by atoms with Crippen molar-refractivity contribution in [2.45, 2.75) is 37.8 Å². The van der Waals surface area contributed by atoms with Gasteiger partial charge in [0.25, 0.3) is 0 Å². The number of anilines is 1. The van der Waals surface area contributed by atoms with E-state index in [1.807, 2.05) is 17.5 Å². The molecule has 3 heterocycles. The number of hydrogen-bond donors (Lipinski definition) is 3. The fourth-order valence-corrected chi connectivity index (χ4v) is 4.96. The molecule has 1 aromatic heterocycles. The molecule has 2 unspecified atom stereocenters. The van der Waals surface area contributed by atoms with Crippen molar-refractivity contribution in [3.8, 4) is 17.2 Å². The second-order valence-corrected chi connectivity index (χ2v) is 9.62. The summed E-state index contributed by atoms with van der Waals surface area (Å²) >= 11 is 1.38. The predicted molar refractivity (Wildman–Crippen MR) is 134 cm³/mol. The first-order chi connectivity index (χ1) is 17.5. The molecule has 0 spiro atoms. The van der Waals surface area contributed by atoms with Gasteiger partial charge in [0.15, 0.2) is 16.6 Å². The Morgan fingerprint density at radius 2 is 2.08 bits per heavy atom. The largest absolute Gasteiger partial charge is 0.487 e. The summed E-state index contributed by atoms with van der Waals surface area (Å²) in [5.41, 5.74) is 2.24. The Bertz CT molecular complexity index is 1210. The van der Waals surface area contributed by atoms with Gasteiger partial charge in [0.2, 0.25) is 5.91 Å². The molecule has 0 bridgehead atoms. The third-order valence-corrected chi connectivity index (χ3v) is 6.90. The van der Waals surface area contributed by atoms with Crippen molar-refractivity contribution in [3.63, 3.8) is 0 Å². The Morgan fingerprint density at radius 3 is 2.81 bits per heavy atom. The number of carbonyl (C=O) groups excluding carboxylic acids is 1. The third-order valence-electron chi connectivity index (χ3n) is 6.21. The molecular formula is C26H27N3O6S. The summed E-state index contributed by atoms with van der Waals surface area (Å²) in [4.78, 5) is 28.0. The molecule has 5 rings (SSSR count). The van der Waals surface area contributed by atoms with Crippen LogP contribution < -0.4 is 20.1 Å². The number of benzene rings is 2. The zero-order valence-electron chi connectivity index (χ0n) is 19.6. The number of hydrogen-bond acceptors (Lipinski definition) is 8. The summed E-state index contributed by atoms with van der Waals surface area (Å²) < 4.78 is 18.0. The van der Waals surface area contributed by atoms with Crippen LogP contribution in [0.1, 0.15) is 46.8 Å². The number of aromatic carboxylic acids is 1. The smallest absolute Gasteiger partial charge is 0.335 e. The average molecular weight is 510 g/mol. The van der Waals surface area contributed by atoms with Gasteiger partial charge in [-0.1, -0.05) is 0 Å². The van der Waals surface area contributed by atoms with Crippen molar-refractivity contribution in [2.75, 3.05) is 25.1 Å². The lowest BCUT2D eigenvalue weighted by molar-refractivity contribution is -0.116. The number of carbonyl (C=O) groups is 2. The summed E-state index contributed by atoms with van der Waals surface area (Å²) in [6, 6.07) is 9.93. The molecule has 1 fully saturated rings. The maximum absolute atomic E-state index is 12.7. The molecular weight excluding hydrogens is 482 g/mol. The van der Waals surface area contributed by atoms with Gasteiger partial charge in [-0.25, -0.2) is 9.78 Å². The maximum atomic E-state index is 12.7. The van der Waals surface area contributed by atoms with Crippen LogP contribution in [0.4, 0.5) is 5.13 Å². The van der Waals surface area contributed by atoms with Gasteiger partial charge in [-0.15, -0.1) is 11.3 Å². The van der Waals surface area contributed by atoms with Crippen LogP contribution in [0.25, 0.3) is 0 Å². The Labute approximate surface area is 212 Å². The fraction of sp³-hybridized carbons (Fsp3) is 0.346. The van der Waals surface area contributed by atoms with Crippen molar-refractivity contribution < 1.29 is 28.9 Å². The molecule has 3 N–H and O–H groups in total. The average Bonchev–Trinajstić information content (AvgIpc) is 3.58. The van der Waals surface area contributed by atoms with Gasteiger partial charge < -0.3 is 30.0 Å². The minimum atomic E-state index is -0.999. The van der Waals surface area contributed by atoms with Crippen molar-refractivity contribution in [3.05, 3.63) is 64.7 Å². The molecule has 0 radical (unpaired) electrons. The molecule has 2 aliphatic heterocycles. The molecule has 0 saturated carbocycles. The first-order valence-corrected chi connectivity index (χ1v) is 12.8. The quantitative estimate of drug-likeness (QED) is 0.388. The lowest BCUT2D eigenvalue weighted by Crippen LogP contribution is -2.32. The first kappa shape index (κ1) is 24.2. The van der Waals surface area contributed by atoms with E-state index in [1.54, 1.807) is 18.3 Å². The van der Waals surface area contributed by atoms with Crippen molar-refractivity contribution in [1.82, 2.24) is 10.3 Å². The van der Waals surface area contributed by atoms with Gasteiger partial charge in [-0.2, -0.15) is 0 Å². The third kappa shape index (κ3) is 5.84. The standard InChI is InChI=1S/C26H27N3O6S/c30-24(29-26-28-9-11-36-26)14-21-20-13-23(35-18-5-3-16(4-6-18)25(31)32)22(12-17(20)7-8-27-21)34-15-19-2-1-10-33-19/h3-6,9,11-13,19,21,27H,1-2,7-8,10,14-15H2,(H,31,32)(H,28,29,30). The number of thiazole rings is 1. The topological polar surface area (TPSA) is 119 Å². The van der Waals surface area contributed by atoms with E-state index in [2.05, 4.69) is 15.6 Å². The van der Waals surface area contributed by atoms with Crippen LogP contribution in [0, 0.1) is 0 Å². The number of nitrogens with one attached hydrogen (secondary N) is 2. The number of rotatable bonds is 9. The molecule has 2 atom stereocenters. The molecule has 9 nitrogen and oxygen atoms in total. The summed E-state index contributed by atoms with van der Waals surface area (Å²) in [5.74, 6) is 0.466. The molecule has 2 aromatic carbocycles. The highest BCUT2D eigenvalue weighted by Crippen LogP contribution is 2.39. The number of aromatic nitrogens is 1. The summed E-state index contributed by atoms with van der Waals surface area (Å²) in [5, 5.41) is 17.8. The van der Waals surface area contributed by atoms with Crippen LogP contribution in [-0.4, -0.2) is 47.8 Å². The summed E-state index contributed by atoms with van der Waals surface area (Å²) in [6.45, 7) is 1.91. The minimum Gasteiger partial charge on any atom is -0.487 e. The number of carboxylic acids is 1. The van der Waals surface area contributed by atoms with Gasteiger partial charge in [0.05, 0.1) is 11.7 Å². The van der Waals surface area contributed by atoms with E-state index < -0.39 is 5.97 Å². The summed E-state index contributed by atoms with van der Waals surface area (Å²) in [7, 11) is 0. The van der Waals surface area contributed by atoms with E-state index in [0.717, 1.165) is 43.5 Å². The second kappa shape index (κ2) is 11.1. The summed E-state index contributed by atoms with van der Waals surface area (Å²) in [6.07, 6.45) is 4.72. The van der Waals surface area contributed by atoms with Crippen molar-refractivity contribution in [1.29, 1.82) is 0 Å². The highest BCUT2D eigenvalue weighted by Gasteiger charge is 2.26. The van der Waals surface area contributed by atoms with E-state index in [0.29, 0.717) is 29.0 Å². The van der Waals surface area contributed by atoms with Crippen LogP contribution in [0.3, 0.4) is 0 Å². The lowest BCUT2D eigenvalue weighted by Gasteiger charge is -2.28. The Hall–Kier alpha value is -3.47. The fourth-order valence-electron chi connectivity index (χ4n) is 4.42. The second-order valence-electron chi connectivity index (χ2n) is 8.72. The molecule has 0 aliphatic carbocycles. The van der Waals surface area contributed by atoms with Crippen LogP contribution in [0.5, 0.6) is 17.2 Å². The molecule has 36 heavy (non-hydrogen) atoms. The lowest BCUT2D eigenvalue weighted by atomic mass is 9.91. The number of carboxylic acid groups (broad SMARTS) is 1. The van der Waals surface area contributed by atoms with Gasteiger partial charge in [-0.05, 0) is 73.3 Å². The number of ether oxygens (including phenoxy) is 3. The van der Waals surface area contributed by atoms with E-state index in [-0.39, 0.29) is 30.0 Å². The minimum absolute atomic E-state index is 0.0488. The number of fused-ring (bicyclic) bond motifs is 1. The first-order valence-electron chi connectivity index (χ1n) is 11.9. The van der Waals surface area contributed by atoms with Gasteiger partial charge in [-0.3, -0.25) is 4.79 Å². The van der Waals surface area contributed by atoms with Gasteiger partial charge in [0.1, 0.15) is 12.4 Å². The zero-order valence-corrected chi connectivity index (χ0v) is 20.4. The molecule has 10 heteroatoms. The number of amides is 1. The zero-order chi connectivity index (χ0) is 24.9. The van der Waals surface area contributed by atoms with Crippen LogP contribution >= 0.6 is 11.3 Å². The molecule has 1 amide bonds. The van der Waals surface area contributed by atoms with E-state index in [9.17, 15) is 14.7 Å². The van der Waals surface area contributed by atoms with Crippen molar-refractivity contribution in [2.24, 2.45) is 0 Å². The number of nitrogens with zero attached hydrogens (tertiary/aromatic N) is 1. The Balaban J connectivity index is 1.39. The molecule has 2 aliphatic rings. The van der Waals surface area contributed by atoms with Crippen LogP contribution in [0.15, 0.2) is 48.0 Å². The monoisotopic (exact) mass is 509 g/mol. The highest BCUT2D eigenvalue weighted by atomic mass is 32.1.